The molecule has 0 aliphatic rings. The van der Waals surface area contributed by atoms with E-state index in [1.54, 1.807) is 34.9 Å². The van der Waals surface area contributed by atoms with Gasteiger partial charge in [-0.3, -0.25) is 10.5 Å². The average Bonchev–Trinajstić information content (AvgIpc) is 2.74. The molecule has 0 unspecified atom stereocenters. The quantitative estimate of drug-likeness (QED) is 0.386. The summed E-state index contributed by atoms with van der Waals surface area (Å²) in [6, 6.07) is 2.78. The lowest BCUT2D eigenvalue weighted by Crippen LogP contribution is -2.01. The minimum absolute atomic E-state index is 0.124. The largest absolute Gasteiger partial charge is 0.262 e. The van der Waals surface area contributed by atoms with Gasteiger partial charge in [0.15, 0.2) is 0 Å². The fourth-order valence-electron chi connectivity index (χ4n) is 1.07. The number of nitrogens with zero attached hydrogens (tertiary/aromatic N) is 3. The van der Waals surface area contributed by atoms with Gasteiger partial charge in [0.1, 0.15) is 5.82 Å². The van der Waals surface area contributed by atoms with Crippen molar-refractivity contribution >= 4 is 34.6 Å². The Hall–Kier alpha value is -1.58. The van der Waals surface area contributed by atoms with Gasteiger partial charge in [-0.25, -0.2) is 0 Å². The molecule has 0 saturated carbocycles. The highest BCUT2D eigenvalue weighted by atomic mass is 127. The standard InChI is InChI=1S/C9H6F2IN5/c10-7-3-6(12)5(9(11)15-7)4-14-17-8-1-2-13-16-8/h1-4H,(H2,13,16,17)/b14-4-. The maximum atomic E-state index is 13.3. The fourth-order valence-corrected chi connectivity index (χ4v) is 1.69. The zero-order valence-corrected chi connectivity index (χ0v) is 10.4. The summed E-state index contributed by atoms with van der Waals surface area (Å²) < 4.78 is 26.4. The van der Waals surface area contributed by atoms with E-state index in [9.17, 15) is 8.78 Å². The van der Waals surface area contributed by atoms with Crippen LogP contribution in [0.2, 0.25) is 0 Å². The Morgan fingerprint density at radius 3 is 2.94 bits per heavy atom. The van der Waals surface area contributed by atoms with Crippen LogP contribution in [-0.2, 0) is 0 Å². The van der Waals surface area contributed by atoms with E-state index in [0.29, 0.717) is 9.39 Å². The Kier molecular flexibility index (Phi) is 3.61. The zero-order chi connectivity index (χ0) is 12.3. The SMILES string of the molecule is Fc1cc(I)c(/C=N\Nc2ccn[nH]2)c(F)n1. The predicted molar refractivity (Wildman–Crippen MR) is 66.7 cm³/mol. The van der Waals surface area contributed by atoms with Crippen LogP contribution < -0.4 is 5.43 Å². The highest BCUT2D eigenvalue weighted by Crippen LogP contribution is 2.13. The molecule has 0 aromatic carbocycles. The Bertz CT molecular complexity index is 517. The van der Waals surface area contributed by atoms with E-state index < -0.39 is 11.9 Å². The molecule has 17 heavy (non-hydrogen) atoms. The number of halogens is 3. The van der Waals surface area contributed by atoms with Crippen LogP contribution in [-0.4, -0.2) is 21.4 Å². The number of hydrogen-bond acceptors (Lipinski definition) is 4. The number of aromatic nitrogens is 3. The Morgan fingerprint density at radius 2 is 2.29 bits per heavy atom. The number of hydrogen-bond donors (Lipinski definition) is 2. The molecule has 0 atom stereocenters. The van der Waals surface area contributed by atoms with Crippen molar-refractivity contribution in [2.24, 2.45) is 5.10 Å². The molecular weight excluding hydrogens is 343 g/mol. The van der Waals surface area contributed by atoms with E-state index in [2.05, 4.69) is 25.7 Å². The lowest BCUT2D eigenvalue weighted by atomic mass is 10.3. The molecule has 0 fully saturated rings. The van der Waals surface area contributed by atoms with Gasteiger partial charge in [0, 0.05) is 15.7 Å². The second-order valence-electron chi connectivity index (χ2n) is 2.97. The first-order valence-corrected chi connectivity index (χ1v) is 5.54. The van der Waals surface area contributed by atoms with Crippen molar-refractivity contribution in [1.29, 1.82) is 0 Å². The molecule has 2 heterocycles. The van der Waals surface area contributed by atoms with Gasteiger partial charge in [0.05, 0.1) is 18.0 Å². The molecule has 0 aliphatic heterocycles. The topological polar surface area (TPSA) is 66.0 Å². The van der Waals surface area contributed by atoms with Crippen molar-refractivity contribution in [3.8, 4) is 0 Å². The second-order valence-corrected chi connectivity index (χ2v) is 4.13. The molecule has 2 aromatic rings. The minimum Gasteiger partial charge on any atom is -0.262 e. The van der Waals surface area contributed by atoms with Gasteiger partial charge in [-0.2, -0.15) is 24.0 Å². The third-order valence-electron chi connectivity index (χ3n) is 1.81. The summed E-state index contributed by atoms with van der Waals surface area (Å²) in [7, 11) is 0. The van der Waals surface area contributed by atoms with Crippen LogP contribution in [0.15, 0.2) is 23.4 Å². The lowest BCUT2D eigenvalue weighted by molar-refractivity contribution is 0.510. The lowest BCUT2D eigenvalue weighted by Gasteiger charge is -2.00. The maximum absolute atomic E-state index is 13.3. The number of aromatic amines is 1. The van der Waals surface area contributed by atoms with Crippen molar-refractivity contribution < 1.29 is 8.78 Å². The summed E-state index contributed by atoms with van der Waals surface area (Å²) in [5.74, 6) is -1.19. The highest BCUT2D eigenvalue weighted by Gasteiger charge is 2.08. The van der Waals surface area contributed by atoms with Crippen molar-refractivity contribution in [2.75, 3.05) is 5.43 Å². The van der Waals surface area contributed by atoms with Gasteiger partial charge < -0.3 is 0 Å². The molecule has 88 valence electrons. The van der Waals surface area contributed by atoms with Crippen LogP contribution in [0.5, 0.6) is 0 Å². The third-order valence-corrected chi connectivity index (χ3v) is 2.70. The van der Waals surface area contributed by atoms with Crippen molar-refractivity contribution in [1.82, 2.24) is 15.2 Å². The Labute approximate surface area is 108 Å². The Balaban J connectivity index is 2.16. The first-order valence-electron chi connectivity index (χ1n) is 4.47. The molecule has 0 saturated heterocycles. The molecule has 2 N–H and O–H groups in total. The number of H-pyrrole nitrogens is 1. The van der Waals surface area contributed by atoms with E-state index in [0.717, 1.165) is 6.07 Å². The maximum Gasteiger partial charge on any atom is 0.225 e. The van der Waals surface area contributed by atoms with Gasteiger partial charge in [-0.15, -0.1) is 0 Å². The summed E-state index contributed by atoms with van der Waals surface area (Å²) >= 11 is 1.81. The smallest absolute Gasteiger partial charge is 0.225 e. The summed E-state index contributed by atoms with van der Waals surface area (Å²) in [4.78, 5) is 3.07. The first-order chi connectivity index (χ1) is 8.16. The van der Waals surface area contributed by atoms with Crippen LogP contribution in [0.1, 0.15) is 5.56 Å². The van der Waals surface area contributed by atoms with Gasteiger partial charge in [0.25, 0.3) is 0 Å². The molecule has 5 nitrogen and oxygen atoms in total. The normalized spacial score (nSPS) is 11.0. The fraction of sp³-hybridized carbons (Fsp3) is 0. The van der Waals surface area contributed by atoms with Crippen LogP contribution in [0.4, 0.5) is 14.6 Å². The zero-order valence-electron chi connectivity index (χ0n) is 8.28. The van der Waals surface area contributed by atoms with Crippen molar-refractivity contribution in [3.05, 3.63) is 39.4 Å². The second kappa shape index (κ2) is 5.17. The van der Waals surface area contributed by atoms with Crippen LogP contribution in [0, 0.1) is 15.5 Å². The number of hydrazone groups is 1. The van der Waals surface area contributed by atoms with E-state index >= 15 is 0 Å². The van der Waals surface area contributed by atoms with E-state index in [-0.39, 0.29) is 5.56 Å². The summed E-state index contributed by atoms with van der Waals surface area (Å²) in [5.41, 5.74) is 2.73. The van der Waals surface area contributed by atoms with E-state index in [4.69, 9.17) is 0 Å². The van der Waals surface area contributed by atoms with E-state index in [1.165, 1.54) is 6.21 Å². The number of nitrogens with one attached hydrogen (secondary N) is 2. The summed E-state index contributed by atoms with van der Waals surface area (Å²) in [5, 5.41) is 10.1. The molecule has 2 rings (SSSR count). The average molecular weight is 349 g/mol. The van der Waals surface area contributed by atoms with Crippen LogP contribution in [0.25, 0.3) is 0 Å². The summed E-state index contributed by atoms with van der Waals surface area (Å²) in [6.45, 7) is 0. The molecule has 0 spiro atoms. The highest BCUT2D eigenvalue weighted by molar-refractivity contribution is 14.1. The summed E-state index contributed by atoms with van der Waals surface area (Å²) in [6.07, 6.45) is 2.77. The van der Waals surface area contributed by atoms with Gasteiger partial charge >= 0.3 is 0 Å². The predicted octanol–water partition coefficient (Wildman–Crippen LogP) is 2.13. The Morgan fingerprint density at radius 1 is 1.47 bits per heavy atom. The molecule has 0 aliphatic carbocycles. The third kappa shape index (κ3) is 2.96. The number of anilines is 1. The molecular formula is C9H6F2IN5. The van der Waals surface area contributed by atoms with Crippen molar-refractivity contribution in [2.45, 2.75) is 0 Å². The van der Waals surface area contributed by atoms with Crippen LogP contribution in [0.3, 0.4) is 0 Å². The molecule has 0 radical (unpaired) electrons. The molecule has 2 aromatic heterocycles. The molecule has 0 bridgehead atoms. The van der Waals surface area contributed by atoms with Crippen LogP contribution >= 0.6 is 22.6 Å². The molecule has 0 amide bonds. The van der Waals surface area contributed by atoms with Gasteiger partial charge in [0.2, 0.25) is 11.9 Å². The monoisotopic (exact) mass is 349 g/mol. The minimum atomic E-state index is -0.899. The van der Waals surface area contributed by atoms with Gasteiger partial charge in [-0.05, 0) is 22.6 Å². The number of rotatable bonds is 3. The molecule has 8 heteroatoms. The first kappa shape index (κ1) is 11.9. The van der Waals surface area contributed by atoms with Gasteiger partial charge in [-0.1, -0.05) is 0 Å². The van der Waals surface area contributed by atoms with E-state index in [1.807, 2.05) is 0 Å². The van der Waals surface area contributed by atoms with Crippen molar-refractivity contribution in [3.63, 3.8) is 0 Å². The number of pyridine rings is 1.